The number of benzene rings is 1. The molecule has 1 fully saturated rings. The van der Waals surface area contributed by atoms with Crippen LogP contribution >= 0.6 is 0 Å². The molecule has 1 aliphatic rings. The highest BCUT2D eigenvalue weighted by atomic mass is 16.5. The molecule has 13 nitrogen and oxygen atoms in total. The molecule has 1 aliphatic heterocycles. The van der Waals surface area contributed by atoms with Crippen LogP contribution in [-0.2, 0) is 4.79 Å². The summed E-state index contributed by atoms with van der Waals surface area (Å²) in [6, 6.07) is 11.3. The predicted octanol–water partition coefficient (Wildman–Crippen LogP) is 2.72. The Labute approximate surface area is 227 Å². The number of aromatic nitrogens is 2. The number of methoxy groups -OCH3 is 1. The molecule has 3 aromatic rings. The van der Waals surface area contributed by atoms with E-state index in [0.29, 0.717) is 46.6 Å². The molecule has 0 bridgehead atoms. The van der Waals surface area contributed by atoms with E-state index < -0.39 is 0 Å². The Kier molecular flexibility index (Phi) is 8.51. The monoisotopic (exact) mass is 533 g/mol. The van der Waals surface area contributed by atoms with E-state index >= 15 is 0 Å². The summed E-state index contributed by atoms with van der Waals surface area (Å²) < 4.78 is 5.68. The van der Waals surface area contributed by atoms with Gasteiger partial charge in [0.15, 0.2) is 17.4 Å². The third kappa shape index (κ3) is 6.57. The normalized spacial score (nSPS) is 13.2. The van der Waals surface area contributed by atoms with Crippen molar-refractivity contribution in [3.63, 3.8) is 0 Å². The second-order valence-electron chi connectivity index (χ2n) is 9.15. The van der Waals surface area contributed by atoms with Gasteiger partial charge < -0.3 is 26.0 Å². The summed E-state index contributed by atoms with van der Waals surface area (Å²) >= 11 is 0. The van der Waals surface area contributed by atoms with Crippen molar-refractivity contribution in [3.8, 4) is 5.75 Å². The van der Waals surface area contributed by atoms with Gasteiger partial charge in [-0.3, -0.25) is 15.2 Å². The van der Waals surface area contributed by atoms with Crippen LogP contribution in [0.2, 0.25) is 0 Å². The first kappa shape index (κ1) is 27.3. The second-order valence-corrected chi connectivity index (χ2v) is 9.15. The van der Waals surface area contributed by atoms with Gasteiger partial charge in [-0.2, -0.15) is 0 Å². The zero-order valence-electron chi connectivity index (χ0n) is 22.6. The molecule has 39 heavy (non-hydrogen) atoms. The SMILES string of the molecule is COc1c(Nc2cc(Nc3ccc(N4CCCC4)cn3)nc(NN(C)C=O)c2C)cccc1/C(N)=N/N(C)N. The molecule has 1 aromatic carbocycles. The van der Waals surface area contributed by atoms with Gasteiger partial charge in [-0.05, 0) is 44.0 Å². The summed E-state index contributed by atoms with van der Waals surface area (Å²) in [5, 5.41) is 13.2. The second kappa shape index (κ2) is 12.2. The molecule has 2 aromatic heterocycles. The van der Waals surface area contributed by atoms with E-state index in [2.05, 4.69) is 42.1 Å². The molecule has 0 saturated carbocycles. The summed E-state index contributed by atoms with van der Waals surface area (Å²) in [7, 11) is 4.73. The molecule has 0 atom stereocenters. The Hall–Kier alpha value is -4.78. The Bertz CT molecular complexity index is 1320. The first-order valence-electron chi connectivity index (χ1n) is 12.5. The number of hydrazine groups is 2. The average Bonchev–Trinajstić information content (AvgIpc) is 3.46. The predicted molar refractivity (Wildman–Crippen MR) is 154 cm³/mol. The van der Waals surface area contributed by atoms with Crippen LogP contribution in [0.15, 0.2) is 47.7 Å². The van der Waals surface area contributed by atoms with Gasteiger partial charge in [-0.15, -0.1) is 5.10 Å². The number of amides is 1. The van der Waals surface area contributed by atoms with E-state index in [4.69, 9.17) is 16.3 Å². The Balaban J connectivity index is 1.68. The number of hydrogen-bond acceptors (Lipinski definition) is 11. The van der Waals surface area contributed by atoms with E-state index in [1.54, 1.807) is 27.3 Å². The van der Waals surface area contributed by atoms with Crippen LogP contribution in [0, 0.1) is 6.92 Å². The maximum absolute atomic E-state index is 11.3. The first-order chi connectivity index (χ1) is 18.8. The number of nitrogens with one attached hydrogen (secondary N) is 3. The molecule has 3 heterocycles. The van der Waals surface area contributed by atoms with Crippen LogP contribution < -0.4 is 37.3 Å². The van der Waals surface area contributed by atoms with E-state index in [0.717, 1.165) is 29.5 Å². The molecule has 0 spiro atoms. The van der Waals surface area contributed by atoms with E-state index in [1.165, 1.54) is 17.9 Å². The van der Waals surface area contributed by atoms with Crippen molar-refractivity contribution < 1.29 is 9.53 Å². The van der Waals surface area contributed by atoms with Crippen molar-refractivity contribution in [2.24, 2.45) is 16.7 Å². The van der Waals surface area contributed by atoms with Crippen molar-refractivity contribution in [2.75, 3.05) is 55.3 Å². The number of carbonyl (C=O) groups is 1. The van der Waals surface area contributed by atoms with Crippen molar-refractivity contribution in [2.45, 2.75) is 19.8 Å². The van der Waals surface area contributed by atoms with Gasteiger partial charge in [-0.1, -0.05) is 6.07 Å². The third-order valence-electron chi connectivity index (χ3n) is 6.22. The number of carbonyl (C=O) groups excluding carboxylic acids is 1. The van der Waals surface area contributed by atoms with Crippen molar-refractivity contribution in [3.05, 3.63) is 53.7 Å². The minimum absolute atomic E-state index is 0.202. The lowest BCUT2D eigenvalue weighted by molar-refractivity contribution is -0.115. The van der Waals surface area contributed by atoms with Gasteiger partial charge in [0.2, 0.25) is 6.41 Å². The maximum atomic E-state index is 11.3. The smallest absolute Gasteiger partial charge is 0.227 e. The first-order valence-corrected chi connectivity index (χ1v) is 12.5. The van der Waals surface area contributed by atoms with Crippen molar-refractivity contribution in [1.29, 1.82) is 0 Å². The van der Waals surface area contributed by atoms with Gasteiger partial charge in [0, 0.05) is 44.5 Å². The number of hydrazone groups is 1. The molecule has 0 aliphatic carbocycles. The highest BCUT2D eigenvalue weighted by Crippen LogP contribution is 2.35. The Morgan fingerprint density at radius 2 is 1.90 bits per heavy atom. The quantitative estimate of drug-likeness (QED) is 0.0810. The molecule has 1 amide bonds. The number of hydrogen-bond donors (Lipinski definition) is 5. The van der Waals surface area contributed by atoms with Crippen LogP contribution in [0.5, 0.6) is 5.75 Å². The maximum Gasteiger partial charge on any atom is 0.227 e. The van der Waals surface area contributed by atoms with Crippen LogP contribution in [0.25, 0.3) is 0 Å². The standard InChI is InChI=1S/C26H35N11O2/c1-17-21(30-20-9-7-8-19(24(20)39-4)25(27)33-36(3)28)14-23(32-26(17)34-35(2)16-38)31-22-11-10-18(15-29-22)37-12-5-6-13-37/h7-11,14-16H,5-6,12-13,28H2,1-4H3,(H2,27,33)(H3,29,30,31,32,34). The van der Waals surface area contributed by atoms with Gasteiger partial charge in [0.1, 0.15) is 11.6 Å². The molecule has 206 valence electrons. The van der Waals surface area contributed by atoms with Gasteiger partial charge >= 0.3 is 0 Å². The summed E-state index contributed by atoms with van der Waals surface area (Å²) in [5.74, 6) is 7.98. The van der Waals surface area contributed by atoms with Crippen LogP contribution in [0.1, 0.15) is 24.0 Å². The van der Waals surface area contributed by atoms with Gasteiger partial charge in [0.05, 0.1) is 30.2 Å². The highest BCUT2D eigenvalue weighted by molar-refractivity contribution is 6.01. The molecule has 0 unspecified atom stereocenters. The largest absolute Gasteiger partial charge is 0.494 e. The van der Waals surface area contributed by atoms with Crippen molar-refractivity contribution in [1.82, 2.24) is 20.1 Å². The van der Waals surface area contributed by atoms with Crippen LogP contribution in [0.4, 0.5) is 34.5 Å². The fourth-order valence-electron chi connectivity index (χ4n) is 4.28. The number of amidine groups is 1. The summed E-state index contributed by atoms with van der Waals surface area (Å²) in [6.45, 7) is 3.99. The fraction of sp³-hybridized carbons (Fsp3) is 0.308. The molecular weight excluding hydrogens is 498 g/mol. The minimum Gasteiger partial charge on any atom is -0.494 e. The lowest BCUT2D eigenvalue weighted by atomic mass is 10.1. The summed E-state index contributed by atoms with van der Waals surface area (Å²) in [5.41, 5.74) is 13.0. The Morgan fingerprint density at radius 1 is 1.13 bits per heavy atom. The van der Waals surface area contributed by atoms with E-state index in [9.17, 15) is 4.79 Å². The van der Waals surface area contributed by atoms with Gasteiger partial charge in [0.25, 0.3) is 0 Å². The topological polar surface area (TPSA) is 162 Å². The zero-order chi connectivity index (χ0) is 27.9. The number of para-hydroxylation sites is 1. The number of anilines is 6. The van der Waals surface area contributed by atoms with Crippen molar-refractivity contribution >= 4 is 46.8 Å². The molecular formula is C26H35N11O2. The van der Waals surface area contributed by atoms with Crippen LogP contribution in [-0.4, -0.2) is 66.6 Å². The number of rotatable bonds is 11. The molecule has 0 radical (unpaired) electrons. The lowest BCUT2D eigenvalue weighted by Gasteiger charge is -2.21. The fourth-order valence-corrected chi connectivity index (χ4v) is 4.28. The molecule has 7 N–H and O–H groups in total. The number of nitrogens with zero attached hydrogens (tertiary/aromatic N) is 6. The molecule has 4 rings (SSSR count). The number of ether oxygens (including phenoxy) is 1. The Morgan fingerprint density at radius 3 is 2.54 bits per heavy atom. The molecule has 13 heteroatoms. The van der Waals surface area contributed by atoms with Gasteiger partial charge in [-0.25, -0.2) is 20.9 Å². The number of pyridine rings is 2. The highest BCUT2D eigenvalue weighted by Gasteiger charge is 2.17. The van der Waals surface area contributed by atoms with E-state index in [-0.39, 0.29) is 5.84 Å². The zero-order valence-corrected chi connectivity index (χ0v) is 22.6. The average molecular weight is 534 g/mol. The van der Waals surface area contributed by atoms with E-state index in [1.807, 2.05) is 37.4 Å². The summed E-state index contributed by atoms with van der Waals surface area (Å²) in [4.78, 5) is 22.9. The third-order valence-corrected chi connectivity index (χ3v) is 6.22. The number of nitrogens with two attached hydrogens (primary N) is 2. The minimum atomic E-state index is 0.202. The molecule has 1 saturated heterocycles. The lowest BCUT2D eigenvalue weighted by Crippen LogP contribution is -2.26. The van der Waals surface area contributed by atoms with Crippen LogP contribution in [0.3, 0.4) is 0 Å². The summed E-state index contributed by atoms with van der Waals surface area (Å²) in [6.07, 6.45) is 4.92.